The number of esters is 1. The molecule has 0 radical (unpaired) electrons. The molecule has 156 valence electrons. The Balaban J connectivity index is 1.44. The van der Waals surface area contributed by atoms with E-state index in [0.717, 1.165) is 6.07 Å². The molecule has 0 bridgehead atoms. The number of nitrogens with zero attached hydrogens (tertiary/aromatic N) is 1. The van der Waals surface area contributed by atoms with E-state index in [0.29, 0.717) is 23.6 Å². The first-order valence-electron chi connectivity index (χ1n) is 9.17. The molecule has 0 aliphatic carbocycles. The van der Waals surface area contributed by atoms with E-state index in [9.17, 15) is 17.6 Å². The van der Waals surface area contributed by atoms with Crippen molar-refractivity contribution in [3.8, 4) is 5.75 Å². The van der Waals surface area contributed by atoms with Crippen LogP contribution in [0.3, 0.4) is 0 Å². The van der Waals surface area contributed by atoms with Crippen molar-refractivity contribution in [1.82, 2.24) is 4.31 Å². The summed E-state index contributed by atoms with van der Waals surface area (Å²) in [7, 11) is -3.92. The van der Waals surface area contributed by atoms with Crippen LogP contribution in [0.15, 0.2) is 53.4 Å². The van der Waals surface area contributed by atoms with Gasteiger partial charge in [0, 0.05) is 18.1 Å². The van der Waals surface area contributed by atoms with E-state index in [1.807, 2.05) is 0 Å². The molecule has 0 amide bonds. The van der Waals surface area contributed by atoms with Crippen LogP contribution in [0.1, 0.15) is 12.8 Å². The van der Waals surface area contributed by atoms with Gasteiger partial charge in [0.2, 0.25) is 10.0 Å². The molecule has 1 heterocycles. The van der Waals surface area contributed by atoms with Gasteiger partial charge in [-0.3, -0.25) is 4.79 Å². The Labute approximate surface area is 174 Å². The molecule has 2 aromatic rings. The van der Waals surface area contributed by atoms with Gasteiger partial charge in [0.1, 0.15) is 29.7 Å². The Kier molecular flexibility index (Phi) is 7.10. The molecule has 0 N–H and O–H groups in total. The number of hydrogen-bond donors (Lipinski definition) is 0. The largest absolute Gasteiger partial charge is 0.490 e. The second-order valence-corrected chi connectivity index (χ2v) is 8.92. The SMILES string of the molecule is O=C(OCCOc1ccc(Cl)cc1)C1CCN(S(=O)(=O)c2ccccc2F)CC1. The average molecular weight is 442 g/mol. The van der Waals surface area contributed by atoms with E-state index >= 15 is 0 Å². The molecule has 0 unspecified atom stereocenters. The van der Waals surface area contributed by atoms with Crippen molar-refractivity contribution in [3.63, 3.8) is 0 Å². The summed E-state index contributed by atoms with van der Waals surface area (Å²) in [6, 6.07) is 12.1. The smallest absolute Gasteiger partial charge is 0.309 e. The summed E-state index contributed by atoms with van der Waals surface area (Å²) in [6.45, 7) is 0.568. The first-order valence-corrected chi connectivity index (χ1v) is 11.0. The fourth-order valence-corrected chi connectivity index (χ4v) is 4.74. The summed E-state index contributed by atoms with van der Waals surface area (Å²) in [5.41, 5.74) is 0. The number of halogens is 2. The minimum atomic E-state index is -3.92. The lowest BCUT2D eigenvalue weighted by Crippen LogP contribution is -2.41. The number of rotatable bonds is 7. The molecule has 0 spiro atoms. The molecule has 6 nitrogen and oxygen atoms in total. The minimum absolute atomic E-state index is 0.0925. The molecule has 0 saturated carbocycles. The van der Waals surface area contributed by atoms with Crippen LogP contribution in [-0.2, 0) is 19.6 Å². The monoisotopic (exact) mass is 441 g/mol. The lowest BCUT2D eigenvalue weighted by Gasteiger charge is -2.30. The highest BCUT2D eigenvalue weighted by atomic mass is 35.5. The molecular formula is C20H21ClFNO5S. The van der Waals surface area contributed by atoms with Gasteiger partial charge in [-0.15, -0.1) is 0 Å². The maximum absolute atomic E-state index is 13.9. The Morgan fingerprint density at radius 1 is 1.07 bits per heavy atom. The van der Waals surface area contributed by atoms with Gasteiger partial charge in [-0.2, -0.15) is 4.31 Å². The van der Waals surface area contributed by atoms with Crippen LogP contribution >= 0.6 is 11.6 Å². The third-order valence-electron chi connectivity index (χ3n) is 4.65. The fraction of sp³-hybridized carbons (Fsp3) is 0.350. The number of sulfonamides is 1. The quantitative estimate of drug-likeness (QED) is 0.485. The van der Waals surface area contributed by atoms with Crippen LogP contribution in [0.4, 0.5) is 4.39 Å². The van der Waals surface area contributed by atoms with Gasteiger partial charge in [0.05, 0.1) is 5.92 Å². The van der Waals surface area contributed by atoms with Crippen LogP contribution in [0, 0.1) is 11.7 Å². The van der Waals surface area contributed by atoms with E-state index in [2.05, 4.69) is 0 Å². The number of ether oxygens (including phenoxy) is 2. The number of carbonyl (C=O) groups is 1. The third kappa shape index (κ3) is 5.46. The zero-order chi connectivity index (χ0) is 20.9. The normalized spacial score (nSPS) is 15.8. The fourth-order valence-electron chi connectivity index (χ4n) is 3.08. The van der Waals surface area contributed by atoms with Crippen molar-refractivity contribution in [2.75, 3.05) is 26.3 Å². The average Bonchev–Trinajstić information content (AvgIpc) is 2.72. The molecule has 1 aliphatic heterocycles. The molecule has 1 fully saturated rings. The number of benzene rings is 2. The highest BCUT2D eigenvalue weighted by molar-refractivity contribution is 7.89. The topological polar surface area (TPSA) is 72.9 Å². The number of piperidine rings is 1. The van der Waals surface area contributed by atoms with Crippen molar-refractivity contribution in [2.45, 2.75) is 17.7 Å². The van der Waals surface area contributed by atoms with Gasteiger partial charge in [-0.05, 0) is 49.2 Å². The lowest BCUT2D eigenvalue weighted by molar-refractivity contribution is -0.150. The van der Waals surface area contributed by atoms with Crippen LogP contribution < -0.4 is 4.74 Å². The van der Waals surface area contributed by atoms with E-state index in [1.165, 1.54) is 22.5 Å². The first kappa shape index (κ1) is 21.5. The maximum atomic E-state index is 13.9. The second-order valence-electron chi connectivity index (χ2n) is 6.58. The van der Waals surface area contributed by atoms with E-state index in [1.54, 1.807) is 24.3 Å². The Morgan fingerprint density at radius 2 is 1.72 bits per heavy atom. The highest BCUT2D eigenvalue weighted by Crippen LogP contribution is 2.26. The van der Waals surface area contributed by atoms with Gasteiger partial charge in [-0.25, -0.2) is 12.8 Å². The Bertz CT molecular complexity index is 944. The van der Waals surface area contributed by atoms with E-state index < -0.39 is 21.8 Å². The van der Waals surface area contributed by atoms with Crippen molar-refractivity contribution >= 4 is 27.6 Å². The van der Waals surface area contributed by atoms with Gasteiger partial charge in [-0.1, -0.05) is 23.7 Å². The zero-order valence-electron chi connectivity index (χ0n) is 15.6. The molecule has 1 saturated heterocycles. The van der Waals surface area contributed by atoms with Gasteiger partial charge in [0.15, 0.2) is 0 Å². The van der Waals surface area contributed by atoms with Crippen LogP contribution in [0.25, 0.3) is 0 Å². The first-order chi connectivity index (χ1) is 13.9. The summed E-state index contributed by atoms with van der Waals surface area (Å²) >= 11 is 5.80. The van der Waals surface area contributed by atoms with Gasteiger partial charge < -0.3 is 9.47 Å². The summed E-state index contributed by atoms with van der Waals surface area (Å²) in [4.78, 5) is 11.9. The maximum Gasteiger partial charge on any atom is 0.309 e. The predicted molar refractivity (Wildman–Crippen MR) is 106 cm³/mol. The third-order valence-corrected chi connectivity index (χ3v) is 6.84. The highest BCUT2D eigenvalue weighted by Gasteiger charge is 2.33. The van der Waals surface area contributed by atoms with Crippen molar-refractivity contribution in [1.29, 1.82) is 0 Å². The minimum Gasteiger partial charge on any atom is -0.490 e. The molecule has 29 heavy (non-hydrogen) atoms. The Hall–Kier alpha value is -2.16. The summed E-state index contributed by atoms with van der Waals surface area (Å²) in [5, 5.41) is 0.604. The van der Waals surface area contributed by atoms with E-state index in [4.69, 9.17) is 21.1 Å². The molecular weight excluding hydrogens is 421 g/mol. The molecule has 0 atom stereocenters. The summed E-state index contributed by atoms with van der Waals surface area (Å²) < 4.78 is 51.0. The molecule has 9 heteroatoms. The summed E-state index contributed by atoms with van der Waals surface area (Å²) in [5.74, 6) is -0.933. The second kappa shape index (κ2) is 9.56. The summed E-state index contributed by atoms with van der Waals surface area (Å²) in [6.07, 6.45) is 0.648. The van der Waals surface area contributed by atoms with Crippen LogP contribution in [0.2, 0.25) is 5.02 Å². The van der Waals surface area contributed by atoms with Crippen molar-refractivity contribution < 1.29 is 27.1 Å². The number of hydrogen-bond acceptors (Lipinski definition) is 5. The van der Waals surface area contributed by atoms with E-state index in [-0.39, 0.29) is 37.2 Å². The molecule has 0 aromatic heterocycles. The zero-order valence-corrected chi connectivity index (χ0v) is 17.2. The molecule has 2 aromatic carbocycles. The molecule has 1 aliphatic rings. The van der Waals surface area contributed by atoms with Crippen molar-refractivity contribution in [2.24, 2.45) is 5.92 Å². The van der Waals surface area contributed by atoms with Crippen molar-refractivity contribution in [3.05, 3.63) is 59.4 Å². The van der Waals surface area contributed by atoms with Crippen LogP contribution in [-0.4, -0.2) is 45.0 Å². The number of carbonyl (C=O) groups excluding carboxylic acids is 1. The van der Waals surface area contributed by atoms with Gasteiger partial charge in [0.25, 0.3) is 0 Å². The molecule has 3 rings (SSSR count). The Morgan fingerprint density at radius 3 is 2.38 bits per heavy atom. The predicted octanol–water partition coefficient (Wildman–Crippen LogP) is 3.50. The van der Waals surface area contributed by atoms with Gasteiger partial charge >= 0.3 is 5.97 Å². The standard InChI is InChI=1S/C20H21ClFNO5S/c21-16-5-7-17(8-6-16)27-13-14-28-20(24)15-9-11-23(12-10-15)29(25,26)19-4-2-1-3-18(19)22/h1-8,15H,9-14H2. The van der Waals surface area contributed by atoms with Crippen LogP contribution in [0.5, 0.6) is 5.75 Å². The lowest BCUT2D eigenvalue weighted by atomic mass is 9.98.